The molecule has 1 aromatic heterocycles. The van der Waals surface area contributed by atoms with Gasteiger partial charge in [-0.1, -0.05) is 13.8 Å². The number of rotatable bonds is 6. The highest BCUT2D eigenvalue weighted by atomic mass is 15.3. The smallest absolute Gasteiger partial charge is 0.0674 e. The minimum absolute atomic E-state index is 0.0916. The Balaban J connectivity index is 2.34. The highest BCUT2D eigenvalue weighted by Crippen LogP contribution is 2.38. The molecule has 0 bridgehead atoms. The molecule has 0 aliphatic carbocycles. The predicted octanol–water partition coefficient (Wildman–Crippen LogP) is 1.58. The lowest BCUT2D eigenvalue weighted by molar-refractivity contribution is 0.0616. The summed E-state index contributed by atoms with van der Waals surface area (Å²) in [5.41, 5.74) is 4.33. The average molecular weight is 265 g/mol. The normalized spacial score (nSPS) is 18.9. The molecule has 1 unspecified atom stereocenters. The van der Waals surface area contributed by atoms with Crippen LogP contribution in [0.3, 0.4) is 0 Å². The minimum Gasteiger partial charge on any atom is -0.296 e. The first-order chi connectivity index (χ1) is 9.17. The largest absolute Gasteiger partial charge is 0.296 e. The molecule has 2 heterocycles. The lowest BCUT2D eigenvalue weighted by Gasteiger charge is -2.46. The van der Waals surface area contributed by atoms with E-state index in [1.54, 1.807) is 0 Å². The van der Waals surface area contributed by atoms with Crippen molar-refractivity contribution in [3.05, 3.63) is 18.0 Å². The number of likely N-dealkylation sites (tertiary alicyclic amines) is 1. The van der Waals surface area contributed by atoms with Crippen molar-refractivity contribution in [2.45, 2.75) is 51.1 Å². The zero-order valence-electron chi connectivity index (χ0n) is 12.4. The molecule has 108 valence electrons. The maximum atomic E-state index is 5.91. The van der Waals surface area contributed by atoms with Crippen LogP contribution < -0.4 is 11.3 Å². The summed E-state index contributed by atoms with van der Waals surface area (Å²) in [7, 11) is 1.95. The van der Waals surface area contributed by atoms with Gasteiger partial charge in [-0.25, -0.2) is 0 Å². The minimum atomic E-state index is 0.0916. The van der Waals surface area contributed by atoms with Crippen LogP contribution >= 0.6 is 0 Å². The fourth-order valence-electron chi connectivity index (χ4n) is 3.60. The standard InChI is InChI=1S/C14H27N5/c1-4-14(5-2,19-8-6-7-9-19)13(17-15)12-10-16-18(3)11-12/h10-11,13,17H,4-9,15H2,1-3H3. The maximum Gasteiger partial charge on any atom is 0.0674 e. The van der Waals surface area contributed by atoms with Gasteiger partial charge in [0.1, 0.15) is 0 Å². The Hall–Kier alpha value is -0.910. The zero-order chi connectivity index (χ0) is 13.9. The first kappa shape index (κ1) is 14.5. The summed E-state index contributed by atoms with van der Waals surface area (Å²) in [6, 6.07) is 0.134. The van der Waals surface area contributed by atoms with E-state index in [-0.39, 0.29) is 11.6 Å². The first-order valence-electron chi connectivity index (χ1n) is 7.37. The van der Waals surface area contributed by atoms with Crippen molar-refractivity contribution in [2.75, 3.05) is 13.1 Å². The van der Waals surface area contributed by atoms with Gasteiger partial charge in [-0.2, -0.15) is 5.10 Å². The molecule has 0 spiro atoms. The van der Waals surface area contributed by atoms with E-state index in [4.69, 9.17) is 5.84 Å². The van der Waals surface area contributed by atoms with E-state index in [0.29, 0.717) is 0 Å². The molecule has 1 fully saturated rings. The molecule has 0 amide bonds. The summed E-state index contributed by atoms with van der Waals surface area (Å²) in [6.45, 7) is 6.89. The SMILES string of the molecule is CCC(CC)(C(NN)c1cnn(C)c1)N1CCCC1. The molecule has 5 heteroatoms. The quantitative estimate of drug-likeness (QED) is 0.605. The number of aromatic nitrogens is 2. The van der Waals surface area contributed by atoms with Gasteiger partial charge in [-0.15, -0.1) is 0 Å². The second kappa shape index (κ2) is 6.03. The van der Waals surface area contributed by atoms with Gasteiger partial charge in [0.25, 0.3) is 0 Å². The third-order valence-electron chi connectivity index (χ3n) is 4.72. The fraction of sp³-hybridized carbons (Fsp3) is 0.786. The first-order valence-corrected chi connectivity index (χ1v) is 7.37. The molecule has 1 saturated heterocycles. The maximum absolute atomic E-state index is 5.91. The monoisotopic (exact) mass is 265 g/mol. The molecule has 0 saturated carbocycles. The molecule has 1 atom stereocenters. The van der Waals surface area contributed by atoms with Crippen molar-refractivity contribution >= 4 is 0 Å². The van der Waals surface area contributed by atoms with Gasteiger partial charge in [0.2, 0.25) is 0 Å². The van der Waals surface area contributed by atoms with Crippen LogP contribution in [0.25, 0.3) is 0 Å². The number of hydrazine groups is 1. The Morgan fingerprint density at radius 2 is 2.00 bits per heavy atom. The van der Waals surface area contributed by atoms with Gasteiger partial charge < -0.3 is 0 Å². The highest BCUT2D eigenvalue weighted by molar-refractivity contribution is 5.18. The van der Waals surface area contributed by atoms with Crippen LogP contribution in [-0.2, 0) is 7.05 Å². The van der Waals surface area contributed by atoms with E-state index in [9.17, 15) is 0 Å². The zero-order valence-corrected chi connectivity index (χ0v) is 12.4. The highest BCUT2D eigenvalue weighted by Gasteiger charge is 2.42. The third kappa shape index (κ3) is 2.55. The number of hydrogen-bond acceptors (Lipinski definition) is 4. The summed E-state index contributed by atoms with van der Waals surface area (Å²) in [5.74, 6) is 5.91. The molecular weight excluding hydrogens is 238 g/mol. The average Bonchev–Trinajstić information content (AvgIpc) is 3.07. The lowest BCUT2D eigenvalue weighted by atomic mass is 9.80. The molecule has 3 N–H and O–H groups in total. The van der Waals surface area contributed by atoms with Gasteiger partial charge in [-0.3, -0.25) is 20.9 Å². The van der Waals surface area contributed by atoms with Crippen LogP contribution in [0.2, 0.25) is 0 Å². The van der Waals surface area contributed by atoms with Gasteiger partial charge in [-0.05, 0) is 38.8 Å². The van der Waals surface area contributed by atoms with E-state index in [0.717, 1.165) is 12.8 Å². The molecule has 0 radical (unpaired) electrons. The van der Waals surface area contributed by atoms with E-state index in [1.165, 1.54) is 31.5 Å². The summed E-state index contributed by atoms with van der Waals surface area (Å²) in [6.07, 6.45) is 8.78. The Bertz CT molecular complexity index is 390. The van der Waals surface area contributed by atoms with Gasteiger partial charge in [0.05, 0.1) is 12.2 Å². The van der Waals surface area contributed by atoms with Gasteiger partial charge in [0, 0.05) is 24.3 Å². The lowest BCUT2D eigenvalue weighted by Crippen LogP contribution is -2.56. The number of aryl methyl sites for hydroxylation is 1. The number of nitrogens with zero attached hydrogens (tertiary/aromatic N) is 3. The van der Waals surface area contributed by atoms with E-state index in [2.05, 4.69) is 35.5 Å². The molecule has 1 aromatic rings. The molecule has 2 rings (SSSR count). The van der Waals surface area contributed by atoms with Crippen LogP contribution in [0.5, 0.6) is 0 Å². The Labute approximate surface area is 116 Å². The molecule has 19 heavy (non-hydrogen) atoms. The summed E-state index contributed by atoms with van der Waals surface area (Å²) in [5, 5.41) is 4.30. The van der Waals surface area contributed by atoms with Crippen molar-refractivity contribution in [1.29, 1.82) is 0 Å². The van der Waals surface area contributed by atoms with Gasteiger partial charge >= 0.3 is 0 Å². The molecule has 5 nitrogen and oxygen atoms in total. The fourth-order valence-corrected chi connectivity index (χ4v) is 3.60. The van der Waals surface area contributed by atoms with E-state index < -0.39 is 0 Å². The van der Waals surface area contributed by atoms with Crippen molar-refractivity contribution < 1.29 is 0 Å². The third-order valence-corrected chi connectivity index (χ3v) is 4.72. The Kier molecular flexibility index (Phi) is 4.60. The second-order valence-corrected chi connectivity index (χ2v) is 5.55. The number of hydrogen-bond donors (Lipinski definition) is 2. The van der Waals surface area contributed by atoms with E-state index in [1.807, 2.05) is 17.9 Å². The molecule has 1 aliphatic rings. The predicted molar refractivity (Wildman–Crippen MR) is 77.4 cm³/mol. The second-order valence-electron chi connectivity index (χ2n) is 5.55. The Morgan fingerprint density at radius 1 is 1.37 bits per heavy atom. The van der Waals surface area contributed by atoms with Crippen LogP contribution in [0.1, 0.15) is 51.1 Å². The molecular formula is C14H27N5. The van der Waals surface area contributed by atoms with Crippen LogP contribution in [0.15, 0.2) is 12.4 Å². The number of nitrogens with two attached hydrogens (primary N) is 1. The summed E-state index contributed by atoms with van der Waals surface area (Å²) >= 11 is 0. The number of nitrogens with one attached hydrogen (secondary N) is 1. The summed E-state index contributed by atoms with van der Waals surface area (Å²) in [4.78, 5) is 2.62. The van der Waals surface area contributed by atoms with Crippen molar-refractivity contribution in [2.24, 2.45) is 12.9 Å². The molecule has 1 aliphatic heterocycles. The van der Waals surface area contributed by atoms with Crippen LogP contribution in [0, 0.1) is 0 Å². The van der Waals surface area contributed by atoms with Gasteiger partial charge in [0.15, 0.2) is 0 Å². The van der Waals surface area contributed by atoms with Crippen molar-refractivity contribution in [1.82, 2.24) is 20.1 Å². The Morgan fingerprint density at radius 3 is 2.42 bits per heavy atom. The van der Waals surface area contributed by atoms with Crippen molar-refractivity contribution in [3.63, 3.8) is 0 Å². The van der Waals surface area contributed by atoms with Crippen LogP contribution in [-0.4, -0.2) is 33.3 Å². The summed E-state index contributed by atoms with van der Waals surface area (Å²) < 4.78 is 1.85. The van der Waals surface area contributed by atoms with E-state index >= 15 is 0 Å². The molecule has 0 aromatic carbocycles. The topological polar surface area (TPSA) is 59.1 Å². The van der Waals surface area contributed by atoms with Crippen LogP contribution in [0.4, 0.5) is 0 Å². The van der Waals surface area contributed by atoms with Crippen molar-refractivity contribution in [3.8, 4) is 0 Å².